The Morgan fingerprint density at radius 3 is 2.16 bits per heavy atom. The monoisotopic (exact) mass is 341 g/mol. The number of para-hydroxylation sites is 1. The molecule has 0 heterocycles. The van der Waals surface area contributed by atoms with Gasteiger partial charge in [0, 0.05) is 0 Å². The molecule has 5 heteroatoms. The van der Waals surface area contributed by atoms with Crippen molar-refractivity contribution in [3.05, 3.63) is 66.2 Å². The fraction of sp³-hybridized carbons (Fsp3) is 0.300. The van der Waals surface area contributed by atoms with E-state index in [1.165, 1.54) is 0 Å². The number of rotatable bonds is 8. The number of carbonyl (C=O) groups is 2. The average Bonchev–Trinajstić information content (AvgIpc) is 2.60. The Morgan fingerprint density at radius 2 is 1.56 bits per heavy atom. The van der Waals surface area contributed by atoms with Crippen LogP contribution in [-0.4, -0.2) is 24.6 Å². The van der Waals surface area contributed by atoms with Gasteiger partial charge in [-0.2, -0.15) is 0 Å². The molecule has 0 aliphatic rings. The number of esters is 1. The highest BCUT2D eigenvalue weighted by atomic mass is 16.5. The van der Waals surface area contributed by atoms with Crippen LogP contribution in [-0.2, 0) is 14.3 Å². The Morgan fingerprint density at radius 1 is 0.960 bits per heavy atom. The van der Waals surface area contributed by atoms with Crippen LogP contribution in [0.4, 0.5) is 0 Å². The quantitative estimate of drug-likeness (QED) is 0.749. The maximum Gasteiger partial charge on any atom is 0.308 e. The third-order valence-electron chi connectivity index (χ3n) is 3.39. The standard InChI is InChI=1S/C20H23NO4/c1-15(2)25-20(23)13-18(16-9-5-3-6-10-16)21-19(22)14-24-17-11-7-4-8-12-17/h3-12,15,18H,13-14H2,1-2H3,(H,21,22). The number of hydrogen-bond acceptors (Lipinski definition) is 4. The maximum atomic E-state index is 12.2. The number of amides is 1. The summed E-state index contributed by atoms with van der Waals surface area (Å²) in [6.07, 6.45) is -0.125. The number of carbonyl (C=O) groups excluding carboxylic acids is 2. The smallest absolute Gasteiger partial charge is 0.308 e. The van der Waals surface area contributed by atoms with Gasteiger partial charge in [0.25, 0.3) is 5.91 Å². The molecule has 1 N–H and O–H groups in total. The van der Waals surface area contributed by atoms with Gasteiger partial charge in [0.2, 0.25) is 0 Å². The van der Waals surface area contributed by atoms with Gasteiger partial charge in [0.1, 0.15) is 5.75 Å². The van der Waals surface area contributed by atoms with E-state index in [4.69, 9.17) is 9.47 Å². The topological polar surface area (TPSA) is 64.6 Å². The van der Waals surface area contributed by atoms with E-state index in [0.717, 1.165) is 5.56 Å². The van der Waals surface area contributed by atoms with Crippen molar-refractivity contribution in [2.75, 3.05) is 6.61 Å². The number of ether oxygens (including phenoxy) is 2. The van der Waals surface area contributed by atoms with Crippen LogP contribution in [0.25, 0.3) is 0 Å². The molecule has 0 bridgehead atoms. The fourth-order valence-corrected chi connectivity index (χ4v) is 2.32. The molecule has 0 radical (unpaired) electrons. The number of nitrogens with one attached hydrogen (secondary N) is 1. The van der Waals surface area contributed by atoms with E-state index in [2.05, 4.69) is 5.32 Å². The Bertz CT molecular complexity index is 671. The average molecular weight is 341 g/mol. The Labute approximate surface area is 148 Å². The van der Waals surface area contributed by atoms with Gasteiger partial charge < -0.3 is 14.8 Å². The molecule has 2 aromatic rings. The van der Waals surface area contributed by atoms with Crippen LogP contribution in [0, 0.1) is 0 Å². The van der Waals surface area contributed by atoms with Crippen molar-refractivity contribution >= 4 is 11.9 Å². The summed E-state index contributed by atoms with van der Waals surface area (Å²) in [6.45, 7) is 3.47. The summed E-state index contributed by atoms with van der Waals surface area (Å²) in [6, 6.07) is 18.0. The Kier molecular flexibility index (Phi) is 7.01. The van der Waals surface area contributed by atoms with Crippen molar-refractivity contribution in [3.8, 4) is 5.75 Å². The first-order valence-electron chi connectivity index (χ1n) is 8.26. The summed E-state index contributed by atoms with van der Waals surface area (Å²) in [5, 5.41) is 2.84. The predicted octanol–water partition coefficient (Wildman–Crippen LogP) is 3.26. The summed E-state index contributed by atoms with van der Waals surface area (Å²) in [7, 11) is 0. The highest BCUT2D eigenvalue weighted by Gasteiger charge is 2.20. The van der Waals surface area contributed by atoms with Crippen LogP contribution < -0.4 is 10.1 Å². The van der Waals surface area contributed by atoms with Gasteiger partial charge in [0.15, 0.2) is 6.61 Å². The van der Waals surface area contributed by atoms with Crippen LogP contribution in [0.3, 0.4) is 0 Å². The van der Waals surface area contributed by atoms with Crippen LogP contribution in [0.1, 0.15) is 31.9 Å². The van der Waals surface area contributed by atoms with E-state index >= 15 is 0 Å². The van der Waals surface area contributed by atoms with Gasteiger partial charge in [0.05, 0.1) is 18.6 Å². The molecule has 2 aromatic carbocycles. The SMILES string of the molecule is CC(C)OC(=O)CC(NC(=O)COc1ccccc1)c1ccccc1. The molecule has 5 nitrogen and oxygen atoms in total. The second-order valence-corrected chi connectivity index (χ2v) is 5.88. The van der Waals surface area contributed by atoms with Crippen molar-refractivity contribution in [1.29, 1.82) is 0 Å². The maximum absolute atomic E-state index is 12.2. The van der Waals surface area contributed by atoms with Crippen LogP contribution in [0.15, 0.2) is 60.7 Å². The first kappa shape index (κ1) is 18.5. The first-order valence-corrected chi connectivity index (χ1v) is 8.26. The van der Waals surface area contributed by atoms with Gasteiger partial charge in [-0.25, -0.2) is 0 Å². The Hall–Kier alpha value is -2.82. The summed E-state index contributed by atoms with van der Waals surface area (Å²) < 4.78 is 10.6. The zero-order chi connectivity index (χ0) is 18.1. The lowest BCUT2D eigenvalue weighted by atomic mass is 10.0. The lowest BCUT2D eigenvalue weighted by Gasteiger charge is -2.19. The van der Waals surface area contributed by atoms with Gasteiger partial charge in [-0.15, -0.1) is 0 Å². The third-order valence-corrected chi connectivity index (χ3v) is 3.39. The lowest BCUT2D eigenvalue weighted by molar-refractivity contribution is -0.148. The van der Waals surface area contributed by atoms with Crippen molar-refractivity contribution in [1.82, 2.24) is 5.32 Å². The van der Waals surface area contributed by atoms with E-state index in [9.17, 15) is 9.59 Å². The molecule has 0 saturated carbocycles. The van der Waals surface area contributed by atoms with E-state index < -0.39 is 6.04 Å². The van der Waals surface area contributed by atoms with Crippen molar-refractivity contribution in [2.24, 2.45) is 0 Å². The lowest BCUT2D eigenvalue weighted by Crippen LogP contribution is -2.34. The number of hydrogen-bond donors (Lipinski definition) is 1. The van der Waals surface area contributed by atoms with Crippen LogP contribution >= 0.6 is 0 Å². The number of benzene rings is 2. The molecule has 1 atom stereocenters. The second-order valence-electron chi connectivity index (χ2n) is 5.88. The van der Waals surface area contributed by atoms with E-state index in [-0.39, 0.29) is 31.0 Å². The molecule has 1 unspecified atom stereocenters. The zero-order valence-electron chi connectivity index (χ0n) is 14.5. The highest BCUT2D eigenvalue weighted by molar-refractivity contribution is 5.79. The van der Waals surface area contributed by atoms with Gasteiger partial charge in [-0.3, -0.25) is 9.59 Å². The summed E-state index contributed by atoms with van der Waals surface area (Å²) in [4.78, 5) is 24.2. The van der Waals surface area contributed by atoms with Gasteiger partial charge in [-0.05, 0) is 31.5 Å². The van der Waals surface area contributed by atoms with Gasteiger partial charge >= 0.3 is 5.97 Å². The van der Waals surface area contributed by atoms with E-state index in [1.807, 2.05) is 48.5 Å². The molecule has 0 aliphatic heterocycles. The normalized spacial score (nSPS) is 11.6. The first-order chi connectivity index (χ1) is 12.0. The minimum atomic E-state index is -0.459. The molecule has 0 fully saturated rings. The molecule has 132 valence electrons. The van der Waals surface area contributed by atoms with Crippen molar-refractivity contribution < 1.29 is 19.1 Å². The molecule has 0 aromatic heterocycles. The Balaban J connectivity index is 1.97. The largest absolute Gasteiger partial charge is 0.484 e. The minimum Gasteiger partial charge on any atom is -0.484 e. The second kappa shape index (κ2) is 9.47. The third kappa shape index (κ3) is 6.67. The van der Waals surface area contributed by atoms with Crippen molar-refractivity contribution in [2.45, 2.75) is 32.4 Å². The molecule has 2 rings (SSSR count). The fourth-order valence-electron chi connectivity index (χ4n) is 2.32. The molecule has 1 amide bonds. The predicted molar refractivity (Wildman–Crippen MR) is 95.1 cm³/mol. The van der Waals surface area contributed by atoms with Crippen molar-refractivity contribution in [3.63, 3.8) is 0 Å². The zero-order valence-corrected chi connectivity index (χ0v) is 14.5. The van der Waals surface area contributed by atoms with E-state index in [0.29, 0.717) is 5.75 Å². The molecular formula is C20H23NO4. The molecule has 0 aliphatic carbocycles. The minimum absolute atomic E-state index is 0.0687. The van der Waals surface area contributed by atoms with Crippen LogP contribution in [0.2, 0.25) is 0 Å². The summed E-state index contributed by atoms with van der Waals surface area (Å²) in [5.74, 6) is -0.0312. The molecule has 0 saturated heterocycles. The van der Waals surface area contributed by atoms with Crippen LogP contribution in [0.5, 0.6) is 5.75 Å². The molecule has 25 heavy (non-hydrogen) atoms. The molecule has 0 spiro atoms. The molecular weight excluding hydrogens is 318 g/mol. The summed E-state index contributed by atoms with van der Waals surface area (Å²) in [5.41, 5.74) is 0.844. The summed E-state index contributed by atoms with van der Waals surface area (Å²) >= 11 is 0. The van der Waals surface area contributed by atoms with E-state index in [1.54, 1.807) is 26.0 Å². The van der Waals surface area contributed by atoms with Gasteiger partial charge in [-0.1, -0.05) is 48.5 Å². The highest BCUT2D eigenvalue weighted by Crippen LogP contribution is 2.18.